The summed E-state index contributed by atoms with van der Waals surface area (Å²) >= 11 is 0. The first kappa shape index (κ1) is 16.5. The lowest BCUT2D eigenvalue weighted by Crippen LogP contribution is -2.42. The van der Waals surface area contributed by atoms with Crippen LogP contribution in [0.15, 0.2) is 24.3 Å². The monoisotopic (exact) mass is 289 g/mol. The van der Waals surface area contributed by atoms with E-state index >= 15 is 0 Å². The molecule has 0 aliphatic heterocycles. The summed E-state index contributed by atoms with van der Waals surface area (Å²) in [7, 11) is 0. The van der Waals surface area contributed by atoms with Crippen molar-refractivity contribution in [2.45, 2.75) is 32.5 Å². The number of rotatable bonds is 6. The minimum atomic E-state index is -4.41. The van der Waals surface area contributed by atoms with E-state index in [2.05, 4.69) is 0 Å². The average Bonchev–Trinajstić information content (AvgIpc) is 2.38. The largest absolute Gasteiger partial charge is 0.480 e. The van der Waals surface area contributed by atoms with Crippen molar-refractivity contribution in [2.24, 2.45) is 0 Å². The van der Waals surface area contributed by atoms with Crippen LogP contribution in [0, 0.1) is 0 Å². The molecule has 0 heterocycles. The zero-order chi connectivity index (χ0) is 15.3. The Hall–Kier alpha value is -1.56. The molecule has 0 bridgehead atoms. The molecule has 0 fully saturated rings. The van der Waals surface area contributed by atoms with Crippen molar-refractivity contribution >= 4 is 5.97 Å². The number of hydrogen-bond donors (Lipinski definition) is 1. The van der Waals surface area contributed by atoms with Crippen LogP contribution >= 0.6 is 0 Å². The van der Waals surface area contributed by atoms with Crippen molar-refractivity contribution < 1.29 is 23.1 Å². The van der Waals surface area contributed by atoms with E-state index < -0.39 is 23.8 Å². The number of benzene rings is 1. The number of aliphatic carboxylic acids is 1. The maximum Gasteiger partial charge on any atom is 0.416 e. The van der Waals surface area contributed by atoms with E-state index in [1.807, 2.05) is 13.8 Å². The Labute approximate surface area is 116 Å². The second-order valence-corrected chi connectivity index (χ2v) is 4.48. The van der Waals surface area contributed by atoms with Crippen molar-refractivity contribution in [2.75, 3.05) is 13.1 Å². The van der Waals surface area contributed by atoms with Gasteiger partial charge in [-0.2, -0.15) is 13.2 Å². The van der Waals surface area contributed by atoms with Gasteiger partial charge in [0.05, 0.1) is 5.56 Å². The summed E-state index contributed by atoms with van der Waals surface area (Å²) in [5.74, 6) is -1.02. The third-order valence-electron chi connectivity index (χ3n) is 3.22. The summed E-state index contributed by atoms with van der Waals surface area (Å²) in [5.41, 5.74) is -0.377. The zero-order valence-corrected chi connectivity index (χ0v) is 11.4. The molecule has 1 aromatic rings. The molecule has 0 unspecified atom stereocenters. The molecule has 3 nitrogen and oxygen atoms in total. The van der Waals surface area contributed by atoms with E-state index in [1.165, 1.54) is 12.1 Å². The standard InChI is InChI=1S/C14H18F3NO2/c1-3-18(4-2)12(13(19)20)9-10-6-5-7-11(8-10)14(15,16)17/h5-8,12H,3-4,9H2,1-2H3,(H,19,20)/t12-/m1/s1. The molecule has 0 saturated heterocycles. The Bertz CT molecular complexity index is 456. The fraction of sp³-hybridized carbons (Fsp3) is 0.500. The topological polar surface area (TPSA) is 40.5 Å². The zero-order valence-electron chi connectivity index (χ0n) is 11.4. The molecule has 0 radical (unpaired) electrons. The van der Waals surface area contributed by atoms with Gasteiger partial charge in [-0.05, 0) is 31.1 Å². The van der Waals surface area contributed by atoms with Crippen molar-refractivity contribution in [1.82, 2.24) is 4.90 Å². The Balaban J connectivity index is 2.97. The van der Waals surface area contributed by atoms with Gasteiger partial charge in [-0.1, -0.05) is 32.0 Å². The predicted molar refractivity (Wildman–Crippen MR) is 69.5 cm³/mol. The van der Waals surface area contributed by atoms with Crippen molar-refractivity contribution in [3.63, 3.8) is 0 Å². The molecule has 0 aromatic heterocycles. The third kappa shape index (κ3) is 4.23. The molecule has 1 rings (SSSR count). The van der Waals surface area contributed by atoms with Gasteiger partial charge in [-0.25, -0.2) is 0 Å². The number of carboxylic acid groups (broad SMARTS) is 1. The van der Waals surface area contributed by atoms with Crippen LogP contribution in [-0.2, 0) is 17.4 Å². The molecule has 112 valence electrons. The highest BCUT2D eigenvalue weighted by Crippen LogP contribution is 2.29. The highest BCUT2D eigenvalue weighted by Gasteiger charge is 2.31. The average molecular weight is 289 g/mol. The van der Waals surface area contributed by atoms with E-state index in [4.69, 9.17) is 0 Å². The molecule has 0 aliphatic rings. The third-order valence-corrected chi connectivity index (χ3v) is 3.22. The summed E-state index contributed by atoms with van der Waals surface area (Å²) in [5, 5.41) is 9.23. The van der Waals surface area contributed by atoms with E-state index in [0.717, 1.165) is 12.1 Å². The van der Waals surface area contributed by atoms with Crippen LogP contribution in [-0.4, -0.2) is 35.1 Å². The highest BCUT2D eigenvalue weighted by molar-refractivity contribution is 5.74. The van der Waals surface area contributed by atoms with E-state index in [0.29, 0.717) is 18.7 Å². The number of nitrogens with zero attached hydrogens (tertiary/aromatic N) is 1. The number of likely N-dealkylation sites (N-methyl/N-ethyl adjacent to an activating group) is 1. The lowest BCUT2D eigenvalue weighted by Gasteiger charge is -2.26. The van der Waals surface area contributed by atoms with Gasteiger partial charge in [0.1, 0.15) is 6.04 Å². The number of carboxylic acids is 1. The first-order chi connectivity index (χ1) is 9.29. The van der Waals surface area contributed by atoms with E-state index in [9.17, 15) is 23.1 Å². The molecule has 6 heteroatoms. The molecule has 1 aromatic carbocycles. The van der Waals surface area contributed by atoms with Crippen molar-refractivity contribution in [3.8, 4) is 0 Å². The Morgan fingerprint density at radius 3 is 2.35 bits per heavy atom. The molecule has 20 heavy (non-hydrogen) atoms. The SMILES string of the molecule is CCN(CC)[C@H](Cc1cccc(C(F)(F)F)c1)C(=O)O. The Morgan fingerprint density at radius 2 is 1.90 bits per heavy atom. The molecular formula is C14H18F3NO2. The van der Waals surface area contributed by atoms with Crippen LogP contribution in [0.1, 0.15) is 25.0 Å². The number of hydrogen-bond acceptors (Lipinski definition) is 2. The fourth-order valence-electron chi connectivity index (χ4n) is 2.13. The molecule has 1 atom stereocenters. The van der Waals surface area contributed by atoms with Crippen molar-refractivity contribution in [3.05, 3.63) is 35.4 Å². The van der Waals surface area contributed by atoms with Gasteiger partial charge >= 0.3 is 12.1 Å². The second-order valence-electron chi connectivity index (χ2n) is 4.48. The maximum atomic E-state index is 12.6. The van der Waals surface area contributed by atoms with Crippen LogP contribution in [0.25, 0.3) is 0 Å². The summed E-state index contributed by atoms with van der Waals surface area (Å²) < 4.78 is 37.9. The summed E-state index contributed by atoms with van der Waals surface area (Å²) in [6, 6.07) is 4.01. The fourth-order valence-corrected chi connectivity index (χ4v) is 2.13. The Kier molecular flexibility index (Phi) is 5.56. The number of carbonyl (C=O) groups is 1. The van der Waals surface area contributed by atoms with E-state index in [-0.39, 0.29) is 6.42 Å². The van der Waals surface area contributed by atoms with Gasteiger partial charge in [0.25, 0.3) is 0 Å². The summed E-state index contributed by atoms with van der Waals surface area (Å²) in [4.78, 5) is 13.0. The minimum Gasteiger partial charge on any atom is -0.480 e. The normalized spacial score (nSPS) is 13.5. The molecular weight excluding hydrogens is 271 g/mol. The van der Waals surface area contributed by atoms with Gasteiger partial charge in [0, 0.05) is 0 Å². The van der Waals surface area contributed by atoms with Gasteiger partial charge in [-0.15, -0.1) is 0 Å². The maximum absolute atomic E-state index is 12.6. The van der Waals surface area contributed by atoms with E-state index in [1.54, 1.807) is 4.90 Å². The van der Waals surface area contributed by atoms with Gasteiger partial charge < -0.3 is 5.11 Å². The van der Waals surface area contributed by atoms with Crippen LogP contribution in [0.3, 0.4) is 0 Å². The smallest absolute Gasteiger partial charge is 0.416 e. The minimum absolute atomic E-state index is 0.0565. The molecule has 0 saturated carbocycles. The van der Waals surface area contributed by atoms with Gasteiger partial charge in [0.15, 0.2) is 0 Å². The molecule has 1 N–H and O–H groups in total. The van der Waals surface area contributed by atoms with Gasteiger partial charge in [0.2, 0.25) is 0 Å². The molecule has 0 spiro atoms. The predicted octanol–water partition coefficient (Wildman–Crippen LogP) is 3.04. The highest BCUT2D eigenvalue weighted by atomic mass is 19.4. The van der Waals surface area contributed by atoms with Crippen LogP contribution in [0.2, 0.25) is 0 Å². The molecule has 0 aliphatic carbocycles. The second kappa shape index (κ2) is 6.74. The van der Waals surface area contributed by atoms with Crippen molar-refractivity contribution in [1.29, 1.82) is 0 Å². The van der Waals surface area contributed by atoms with Crippen LogP contribution in [0.4, 0.5) is 13.2 Å². The van der Waals surface area contributed by atoms with Crippen LogP contribution < -0.4 is 0 Å². The Morgan fingerprint density at radius 1 is 1.30 bits per heavy atom. The lowest BCUT2D eigenvalue weighted by molar-refractivity contribution is -0.143. The summed E-state index contributed by atoms with van der Waals surface area (Å²) in [6.07, 6.45) is -4.36. The lowest BCUT2D eigenvalue weighted by atomic mass is 10.0. The first-order valence-corrected chi connectivity index (χ1v) is 6.42. The number of alkyl halides is 3. The number of halogens is 3. The molecule has 0 amide bonds. The van der Waals surface area contributed by atoms with Gasteiger partial charge in [-0.3, -0.25) is 9.69 Å². The first-order valence-electron chi connectivity index (χ1n) is 6.42. The quantitative estimate of drug-likeness (QED) is 0.875. The van der Waals surface area contributed by atoms with Crippen LogP contribution in [0.5, 0.6) is 0 Å². The summed E-state index contributed by atoms with van der Waals surface area (Å²) in [6.45, 7) is 4.72.